The predicted molar refractivity (Wildman–Crippen MR) is 147 cm³/mol. The van der Waals surface area contributed by atoms with Gasteiger partial charge in [0.2, 0.25) is 0 Å². The van der Waals surface area contributed by atoms with Gasteiger partial charge >= 0.3 is 41.5 Å². The molecule has 0 fully saturated rings. The molecule has 7 heteroatoms. The standard InChI is InChI=1S/3C10H16O2.Na/c2*1-7(2)5-6-9(8(3)4)10(11)12;1-6-10(4,5)12-9(11)7-8(2)3;/h5-6,8H,1-4H3,(H,11,12);5,9H,3,6H2,1-2,4H3,(H,11,12);6-7H,1H2,2-5H3;/q;;;+1/p-1/b9-6+;;;. The van der Waals surface area contributed by atoms with Crippen LogP contribution in [-0.4, -0.2) is 28.6 Å². The second kappa shape index (κ2) is 21.9. The SMILES string of the molecule is C=C(C)C(CC=C(C)C)C(=O)[O-].C=CC(C)(C)OC(=O)C=C(C)C.CC(C)=C/C=C(/C(=O)O)C(C)C.[Na+]. The number of esters is 1. The van der Waals surface area contributed by atoms with Crippen molar-refractivity contribution in [1.82, 2.24) is 0 Å². The van der Waals surface area contributed by atoms with Gasteiger partial charge in [-0.2, -0.15) is 0 Å². The molecule has 1 N–H and O–H groups in total. The van der Waals surface area contributed by atoms with Crippen molar-refractivity contribution < 1.29 is 58.9 Å². The Hall–Kier alpha value is -2.15. The van der Waals surface area contributed by atoms with Crippen molar-refractivity contribution >= 4 is 17.9 Å². The van der Waals surface area contributed by atoms with Crippen LogP contribution in [0.4, 0.5) is 0 Å². The van der Waals surface area contributed by atoms with E-state index in [0.717, 1.165) is 16.7 Å². The van der Waals surface area contributed by atoms with Gasteiger partial charge in [-0.15, -0.1) is 0 Å². The molecule has 204 valence electrons. The maximum Gasteiger partial charge on any atom is 1.00 e. The van der Waals surface area contributed by atoms with Crippen LogP contribution in [0.15, 0.2) is 71.4 Å². The first kappa shape index (κ1) is 42.0. The minimum Gasteiger partial charge on any atom is -0.549 e. The van der Waals surface area contributed by atoms with Crippen molar-refractivity contribution in [3.63, 3.8) is 0 Å². The zero-order valence-corrected chi connectivity index (χ0v) is 27.2. The number of carbonyl (C=O) groups is 3. The van der Waals surface area contributed by atoms with Gasteiger partial charge in [0.05, 0.1) is 0 Å². The van der Waals surface area contributed by atoms with Crippen molar-refractivity contribution in [2.75, 3.05) is 0 Å². The summed E-state index contributed by atoms with van der Waals surface area (Å²) >= 11 is 0. The van der Waals surface area contributed by atoms with Crippen LogP contribution in [0.25, 0.3) is 0 Å². The number of hydrogen-bond donors (Lipinski definition) is 1. The Morgan fingerprint density at radius 2 is 1.43 bits per heavy atom. The second-order valence-electron chi connectivity index (χ2n) is 10.0. The van der Waals surface area contributed by atoms with Gasteiger partial charge in [0, 0.05) is 23.5 Å². The number of allylic oxidation sites excluding steroid dienone is 6. The molecule has 0 heterocycles. The molecule has 0 aromatic rings. The van der Waals surface area contributed by atoms with Gasteiger partial charge < -0.3 is 19.7 Å². The number of aliphatic carboxylic acids is 2. The topological polar surface area (TPSA) is 104 Å². The Morgan fingerprint density at radius 3 is 1.70 bits per heavy atom. The third-order valence-electron chi connectivity index (χ3n) is 4.37. The maximum atomic E-state index is 11.1. The molecule has 0 rings (SSSR count). The van der Waals surface area contributed by atoms with Crippen LogP contribution < -0.4 is 34.7 Å². The van der Waals surface area contributed by atoms with E-state index in [-0.39, 0.29) is 41.4 Å². The average molecular weight is 527 g/mol. The zero-order chi connectivity index (χ0) is 29.2. The number of hydrogen-bond acceptors (Lipinski definition) is 5. The average Bonchev–Trinajstić information content (AvgIpc) is 2.66. The van der Waals surface area contributed by atoms with Gasteiger partial charge in [-0.25, -0.2) is 9.59 Å². The number of carboxylic acids is 2. The molecule has 0 spiro atoms. The zero-order valence-electron chi connectivity index (χ0n) is 25.2. The quantitative estimate of drug-likeness (QED) is 0.154. The van der Waals surface area contributed by atoms with Gasteiger partial charge in [-0.1, -0.05) is 67.5 Å². The summed E-state index contributed by atoms with van der Waals surface area (Å²) < 4.78 is 5.06. The first-order valence-corrected chi connectivity index (χ1v) is 11.9. The van der Waals surface area contributed by atoms with Crippen molar-refractivity contribution in [3.05, 3.63) is 71.4 Å². The van der Waals surface area contributed by atoms with Crippen LogP contribution in [0.5, 0.6) is 0 Å². The first-order valence-electron chi connectivity index (χ1n) is 11.9. The molecule has 0 saturated carbocycles. The summed E-state index contributed by atoms with van der Waals surface area (Å²) in [5, 5.41) is 19.3. The summed E-state index contributed by atoms with van der Waals surface area (Å²) in [5.41, 5.74) is 3.67. The molecule has 0 aliphatic rings. The van der Waals surface area contributed by atoms with Crippen LogP contribution in [0.2, 0.25) is 0 Å². The third-order valence-corrected chi connectivity index (χ3v) is 4.37. The molecular weight excluding hydrogens is 479 g/mol. The van der Waals surface area contributed by atoms with Gasteiger partial charge in [-0.05, 0) is 80.7 Å². The third kappa shape index (κ3) is 26.7. The van der Waals surface area contributed by atoms with E-state index in [1.807, 2.05) is 67.5 Å². The van der Waals surface area contributed by atoms with Crippen LogP contribution in [0, 0.1) is 11.8 Å². The Labute approximate surface area is 247 Å². The molecule has 0 saturated heterocycles. The largest absolute Gasteiger partial charge is 1.00 e. The fourth-order valence-electron chi connectivity index (χ4n) is 2.19. The minimum absolute atomic E-state index is 0. The number of carboxylic acid groups (broad SMARTS) is 2. The molecule has 1 unspecified atom stereocenters. The summed E-state index contributed by atoms with van der Waals surface area (Å²) in [6.07, 6.45) is 8.93. The molecule has 0 radical (unpaired) electrons. The van der Waals surface area contributed by atoms with E-state index in [1.165, 1.54) is 6.08 Å². The Morgan fingerprint density at radius 1 is 0.946 bits per heavy atom. The van der Waals surface area contributed by atoms with E-state index in [1.54, 1.807) is 32.9 Å². The Kier molecular flexibility index (Phi) is 24.8. The monoisotopic (exact) mass is 526 g/mol. The molecule has 0 aliphatic heterocycles. The summed E-state index contributed by atoms with van der Waals surface area (Å²) in [4.78, 5) is 32.3. The number of ether oxygens (including phenoxy) is 1. The van der Waals surface area contributed by atoms with Crippen molar-refractivity contribution in [1.29, 1.82) is 0 Å². The Balaban J connectivity index is -0.000000218. The number of rotatable bonds is 10. The van der Waals surface area contributed by atoms with Gasteiger partial charge in [0.15, 0.2) is 0 Å². The van der Waals surface area contributed by atoms with Crippen molar-refractivity contribution in [2.24, 2.45) is 11.8 Å². The normalized spacial score (nSPS) is 11.0. The molecule has 0 aromatic carbocycles. The van der Waals surface area contributed by atoms with Gasteiger partial charge in [-0.3, -0.25) is 0 Å². The van der Waals surface area contributed by atoms with E-state index in [0.29, 0.717) is 17.6 Å². The van der Waals surface area contributed by atoms with Crippen molar-refractivity contribution in [3.8, 4) is 0 Å². The van der Waals surface area contributed by atoms with Gasteiger partial charge in [0.1, 0.15) is 5.60 Å². The fraction of sp³-hybridized carbons (Fsp3) is 0.500. The molecule has 37 heavy (non-hydrogen) atoms. The van der Waals surface area contributed by atoms with Crippen LogP contribution in [0.3, 0.4) is 0 Å². The fourth-order valence-corrected chi connectivity index (χ4v) is 2.19. The maximum absolute atomic E-state index is 11.1. The van der Waals surface area contributed by atoms with Crippen LogP contribution >= 0.6 is 0 Å². The van der Waals surface area contributed by atoms with Gasteiger partial charge in [0.25, 0.3) is 0 Å². The summed E-state index contributed by atoms with van der Waals surface area (Å²) in [6.45, 7) is 27.7. The Bertz CT molecular complexity index is 860. The smallest absolute Gasteiger partial charge is 0.549 e. The summed E-state index contributed by atoms with van der Waals surface area (Å²) in [6, 6.07) is 0. The van der Waals surface area contributed by atoms with Crippen LogP contribution in [0.1, 0.15) is 82.6 Å². The molecule has 1 atom stereocenters. The molecule has 0 aliphatic carbocycles. The van der Waals surface area contributed by atoms with E-state index in [4.69, 9.17) is 9.84 Å². The van der Waals surface area contributed by atoms with Crippen LogP contribution in [-0.2, 0) is 19.1 Å². The molecule has 6 nitrogen and oxygen atoms in total. The van der Waals surface area contributed by atoms with E-state index in [2.05, 4.69) is 13.2 Å². The summed E-state index contributed by atoms with van der Waals surface area (Å²) in [5.74, 6) is -2.67. The molecular formula is C30H47NaO6. The predicted octanol–water partition coefficient (Wildman–Crippen LogP) is 3.37. The minimum atomic E-state index is -1.04. The first-order chi connectivity index (χ1) is 16.3. The molecule has 0 aromatic heterocycles. The van der Waals surface area contributed by atoms with Crippen molar-refractivity contribution in [2.45, 2.75) is 88.2 Å². The number of carbonyl (C=O) groups excluding carboxylic acids is 2. The summed E-state index contributed by atoms with van der Waals surface area (Å²) in [7, 11) is 0. The van der Waals surface area contributed by atoms with E-state index < -0.39 is 23.5 Å². The van der Waals surface area contributed by atoms with E-state index in [9.17, 15) is 19.5 Å². The second-order valence-corrected chi connectivity index (χ2v) is 10.0. The van der Waals surface area contributed by atoms with E-state index >= 15 is 0 Å². The molecule has 0 bridgehead atoms. The molecule has 0 amide bonds.